The number of furan rings is 1. The molecule has 1 nitrogen and oxygen atoms in total. The Hall–Kier alpha value is -7.78. The van der Waals surface area contributed by atoms with E-state index in [0.29, 0.717) is 0 Å². The molecule has 0 aliphatic heterocycles. The van der Waals surface area contributed by atoms with E-state index >= 15 is 0 Å². The summed E-state index contributed by atoms with van der Waals surface area (Å²) in [6.45, 7) is 13.9. The van der Waals surface area contributed by atoms with Gasteiger partial charge in [0.25, 0.3) is 0 Å². The molecule has 2 aliphatic rings. The molecule has 0 unspecified atom stereocenters. The fourth-order valence-electron chi connectivity index (χ4n) is 17.7. The summed E-state index contributed by atoms with van der Waals surface area (Å²) in [5.41, 5.74) is 29.5. The summed E-state index contributed by atoms with van der Waals surface area (Å²) >= 11 is 1.88. The standard InChI is InChI=1S/C96H106OS/c1-7-11-15-19-23-29-53-95(54-30-24-20-16-12-8-2)87-57-68(6)37-48-79(87)80-50-45-74(63-89(80)95)77-58-76(72-47-52-93-85(61-72)86-65-84-83-33-27-28-34-91(83)97-92(84)66-94(86)98-93)59-78(60-77)75-46-51-82-81-49-44-73(71-42-40-70(41-43-71)69-38-35-67(5)36-39-69)62-88(81)96(90(82)64-75,55-31-25-21-17-13-9-3)56-32-26-22-18-14-10-4/h27-28,33-52,57-66H,7-26,29-32,53-56H2,1-6H3. The number of fused-ring (bicyclic) bond motifs is 12. The number of unbranched alkanes of at least 4 members (excludes halogenated alkanes) is 20. The third-order valence-electron chi connectivity index (χ3n) is 23.2. The van der Waals surface area contributed by atoms with Crippen LogP contribution in [0, 0.1) is 13.8 Å². The van der Waals surface area contributed by atoms with Crippen LogP contribution in [0.2, 0.25) is 0 Å². The highest BCUT2D eigenvalue weighted by molar-refractivity contribution is 7.25. The second kappa shape index (κ2) is 30.8. The van der Waals surface area contributed by atoms with Crippen molar-refractivity contribution in [2.24, 2.45) is 0 Å². The summed E-state index contributed by atoms with van der Waals surface area (Å²) in [6.07, 6.45) is 36.0. The summed E-state index contributed by atoms with van der Waals surface area (Å²) in [4.78, 5) is 0. The minimum absolute atomic E-state index is 0.0194. The van der Waals surface area contributed by atoms with Gasteiger partial charge in [0.05, 0.1) is 0 Å². The van der Waals surface area contributed by atoms with Crippen LogP contribution >= 0.6 is 11.3 Å². The highest BCUT2D eigenvalue weighted by Crippen LogP contribution is 2.58. The quantitative estimate of drug-likeness (QED) is 0.0374. The van der Waals surface area contributed by atoms with Crippen LogP contribution < -0.4 is 0 Å². The Morgan fingerprint density at radius 3 is 1.09 bits per heavy atom. The average molecular weight is 1310 g/mol. The molecule has 0 spiro atoms. The molecule has 502 valence electrons. The maximum Gasteiger partial charge on any atom is 0.136 e. The Balaban J connectivity index is 0.922. The molecule has 0 bridgehead atoms. The highest BCUT2D eigenvalue weighted by Gasteiger charge is 2.44. The maximum absolute atomic E-state index is 6.48. The van der Waals surface area contributed by atoms with Crippen molar-refractivity contribution in [1.29, 1.82) is 0 Å². The minimum atomic E-state index is -0.103. The van der Waals surface area contributed by atoms with E-state index < -0.39 is 0 Å². The van der Waals surface area contributed by atoms with E-state index in [9.17, 15) is 0 Å². The molecular weight excluding hydrogens is 1200 g/mol. The Labute approximate surface area is 591 Å². The predicted molar refractivity (Wildman–Crippen MR) is 428 cm³/mol. The van der Waals surface area contributed by atoms with E-state index in [0.717, 1.165) is 11.2 Å². The van der Waals surface area contributed by atoms with Gasteiger partial charge in [-0.1, -0.05) is 320 Å². The van der Waals surface area contributed by atoms with Crippen LogP contribution in [0.1, 0.15) is 241 Å². The van der Waals surface area contributed by atoms with Crippen LogP contribution in [0.25, 0.3) is 120 Å². The second-order valence-electron chi connectivity index (χ2n) is 30.1. The van der Waals surface area contributed by atoms with Crippen molar-refractivity contribution in [3.05, 3.63) is 228 Å². The zero-order valence-electron chi connectivity index (χ0n) is 60.1. The number of aryl methyl sites for hydroxylation is 2. The van der Waals surface area contributed by atoms with Crippen molar-refractivity contribution < 1.29 is 4.42 Å². The van der Waals surface area contributed by atoms with E-state index in [1.165, 1.54) is 300 Å². The Bertz CT molecular complexity index is 4680. The molecule has 98 heavy (non-hydrogen) atoms. The maximum atomic E-state index is 6.48. The normalized spacial score (nSPS) is 13.5. The fraction of sp³-hybridized carbons (Fsp3) is 0.375. The molecule has 0 atom stereocenters. The van der Waals surface area contributed by atoms with E-state index in [4.69, 9.17) is 4.42 Å². The van der Waals surface area contributed by atoms with Crippen LogP contribution in [0.3, 0.4) is 0 Å². The molecule has 12 aromatic rings. The molecule has 0 fully saturated rings. The fourth-order valence-corrected chi connectivity index (χ4v) is 18.8. The van der Waals surface area contributed by atoms with Gasteiger partial charge in [-0.15, -0.1) is 11.3 Å². The van der Waals surface area contributed by atoms with Gasteiger partial charge in [-0.2, -0.15) is 0 Å². The molecule has 2 aliphatic carbocycles. The average Bonchev–Trinajstić information content (AvgIpc) is 1.57. The molecule has 0 radical (unpaired) electrons. The van der Waals surface area contributed by atoms with Gasteiger partial charge in [0, 0.05) is 41.8 Å². The smallest absolute Gasteiger partial charge is 0.136 e. The zero-order valence-corrected chi connectivity index (χ0v) is 60.9. The molecule has 0 saturated carbocycles. The van der Waals surface area contributed by atoms with E-state index in [-0.39, 0.29) is 10.8 Å². The monoisotopic (exact) mass is 1310 g/mol. The molecule has 2 heteroatoms. The minimum Gasteiger partial charge on any atom is -0.456 e. The van der Waals surface area contributed by atoms with Crippen molar-refractivity contribution in [2.45, 2.75) is 232 Å². The highest BCUT2D eigenvalue weighted by atomic mass is 32.1. The summed E-state index contributed by atoms with van der Waals surface area (Å²) in [5.74, 6) is 0. The molecule has 2 heterocycles. The lowest BCUT2D eigenvalue weighted by Crippen LogP contribution is -2.25. The zero-order chi connectivity index (χ0) is 67.0. The lowest BCUT2D eigenvalue weighted by molar-refractivity contribution is 0.398. The van der Waals surface area contributed by atoms with Crippen LogP contribution in [0.15, 0.2) is 199 Å². The number of rotatable bonds is 33. The third kappa shape index (κ3) is 13.8. The molecular formula is C96H106OS. The van der Waals surface area contributed by atoms with Gasteiger partial charge in [0.1, 0.15) is 11.2 Å². The first kappa shape index (κ1) is 67.4. The lowest BCUT2D eigenvalue weighted by Gasteiger charge is -2.33. The summed E-state index contributed by atoms with van der Waals surface area (Å²) in [7, 11) is 0. The summed E-state index contributed by atoms with van der Waals surface area (Å²) in [6, 6.07) is 77.2. The molecule has 14 rings (SSSR count). The Kier molecular flexibility index (Phi) is 21.2. The molecule has 0 amide bonds. The van der Waals surface area contributed by atoms with Crippen LogP contribution in [-0.4, -0.2) is 0 Å². The van der Waals surface area contributed by atoms with E-state index in [1.54, 1.807) is 22.3 Å². The van der Waals surface area contributed by atoms with Crippen molar-refractivity contribution in [1.82, 2.24) is 0 Å². The van der Waals surface area contributed by atoms with Gasteiger partial charge < -0.3 is 4.42 Å². The first-order valence-electron chi connectivity index (χ1n) is 38.9. The predicted octanol–water partition coefficient (Wildman–Crippen LogP) is 30.4. The van der Waals surface area contributed by atoms with Crippen molar-refractivity contribution in [3.63, 3.8) is 0 Å². The number of hydrogen-bond acceptors (Lipinski definition) is 2. The van der Waals surface area contributed by atoms with Crippen LogP contribution in [-0.2, 0) is 10.8 Å². The molecule has 10 aromatic carbocycles. The van der Waals surface area contributed by atoms with Gasteiger partial charge in [-0.05, 0) is 206 Å². The van der Waals surface area contributed by atoms with E-state index in [2.05, 4.69) is 236 Å². The molecule has 0 saturated heterocycles. The summed E-state index contributed by atoms with van der Waals surface area (Å²) in [5, 5.41) is 4.98. The molecule has 0 N–H and O–H groups in total. The van der Waals surface area contributed by atoms with Gasteiger partial charge >= 0.3 is 0 Å². The van der Waals surface area contributed by atoms with Crippen LogP contribution in [0.4, 0.5) is 0 Å². The Morgan fingerprint density at radius 2 is 0.612 bits per heavy atom. The van der Waals surface area contributed by atoms with Gasteiger partial charge in [0.15, 0.2) is 0 Å². The number of para-hydroxylation sites is 1. The first-order chi connectivity index (χ1) is 48.2. The number of benzene rings is 10. The van der Waals surface area contributed by atoms with Crippen LogP contribution in [0.5, 0.6) is 0 Å². The number of thiophene rings is 1. The van der Waals surface area contributed by atoms with Gasteiger partial charge in [-0.25, -0.2) is 0 Å². The lowest BCUT2D eigenvalue weighted by atomic mass is 9.69. The van der Waals surface area contributed by atoms with Crippen molar-refractivity contribution in [3.8, 4) is 77.9 Å². The SMILES string of the molecule is CCCCCCCCC1(CCCCCCCC)c2cc(C)ccc2-c2ccc(-c3cc(-c4ccc5c(c4)C(CCCCCCCC)(CCCCCCCC)c4cc(-c6ccc(-c7ccc(C)cc7)cc6)ccc4-5)cc(-c4ccc5sc6cc7oc8ccccc8c7cc6c5c4)c3)cc21. The topological polar surface area (TPSA) is 13.1 Å². The van der Waals surface area contributed by atoms with Crippen molar-refractivity contribution >= 4 is 53.4 Å². The van der Waals surface area contributed by atoms with E-state index in [1.807, 2.05) is 11.3 Å². The largest absolute Gasteiger partial charge is 0.456 e. The molecule has 2 aromatic heterocycles. The van der Waals surface area contributed by atoms with Crippen molar-refractivity contribution in [2.75, 3.05) is 0 Å². The third-order valence-corrected chi connectivity index (χ3v) is 24.3. The summed E-state index contributed by atoms with van der Waals surface area (Å²) < 4.78 is 9.06. The van der Waals surface area contributed by atoms with Gasteiger partial charge in [-0.3, -0.25) is 0 Å². The second-order valence-corrected chi connectivity index (χ2v) is 31.1. The first-order valence-corrected chi connectivity index (χ1v) is 39.7. The van der Waals surface area contributed by atoms with Gasteiger partial charge in [0.2, 0.25) is 0 Å². The Morgan fingerprint density at radius 1 is 0.255 bits per heavy atom. The number of hydrogen-bond donors (Lipinski definition) is 0.